The highest BCUT2D eigenvalue weighted by molar-refractivity contribution is 5.82. The van der Waals surface area contributed by atoms with Gasteiger partial charge in [0.1, 0.15) is 0 Å². The van der Waals surface area contributed by atoms with Crippen LogP contribution in [-0.4, -0.2) is 54.9 Å². The number of hydrogen-bond donors (Lipinski definition) is 1. The van der Waals surface area contributed by atoms with Gasteiger partial charge in [-0.25, -0.2) is 4.79 Å². The summed E-state index contributed by atoms with van der Waals surface area (Å²) in [4.78, 5) is 19.1. The number of nitrogens with zero attached hydrogens (tertiary/aromatic N) is 3. The van der Waals surface area contributed by atoms with E-state index < -0.39 is 0 Å². The summed E-state index contributed by atoms with van der Waals surface area (Å²) in [6.07, 6.45) is 3.10. The van der Waals surface area contributed by atoms with Crippen LogP contribution in [0.4, 0.5) is 4.79 Å². The second-order valence-corrected chi connectivity index (χ2v) is 3.84. The van der Waals surface area contributed by atoms with Crippen molar-refractivity contribution < 1.29 is 4.79 Å². The third-order valence-electron chi connectivity index (χ3n) is 3.04. The fourth-order valence-electron chi connectivity index (χ4n) is 1.93. The molecule has 15 heavy (non-hydrogen) atoms. The second kappa shape index (κ2) is 5.70. The smallest absolute Gasteiger partial charge is 0.344 e. The lowest BCUT2D eigenvalue weighted by atomic mass is 10.0. The van der Waals surface area contributed by atoms with Gasteiger partial charge in [0.2, 0.25) is 0 Å². The number of urea groups is 1. The highest BCUT2D eigenvalue weighted by atomic mass is 16.2. The quantitative estimate of drug-likeness (QED) is 0.536. The van der Waals surface area contributed by atoms with Crippen LogP contribution in [0.1, 0.15) is 19.8 Å². The third-order valence-corrected chi connectivity index (χ3v) is 3.04. The fourth-order valence-corrected chi connectivity index (χ4v) is 1.93. The highest BCUT2D eigenvalue weighted by Gasteiger charge is 2.24. The molecule has 0 saturated carbocycles. The van der Waals surface area contributed by atoms with E-state index in [-0.39, 0.29) is 6.03 Å². The van der Waals surface area contributed by atoms with Gasteiger partial charge in [0.15, 0.2) is 0 Å². The molecule has 5 nitrogen and oxygen atoms in total. The molecule has 0 aromatic rings. The summed E-state index contributed by atoms with van der Waals surface area (Å²) in [7, 11) is 1.79. The molecule has 5 heteroatoms. The first-order chi connectivity index (χ1) is 7.19. The number of aliphatic imine (C=N–C) groups is 1. The Hall–Kier alpha value is -1.10. The monoisotopic (exact) mass is 212 g/mol. The summed E-state index contributed by atoms with van der Waals surface area (Å²) >= 11 is 0. The number of carbonyl (C=O) groups is 1. The van der Waals surface area contributed by atoms with E-state index >= 15 is 0 Å². The predicted octanol–water partition coefficient (Wildman–Crippen LogP) is 0.509. The van der Waals surface area contributed by atoms with Crippen LogP contribution < -0.4 is 5.73 Å². The van der Waals surface area contributed by atoms with E-state index in [2.05, 4.69) is 16.8 Å². The molecule has 1 fully saturated rings. The Balaban J connectivity index is 2.42. The SMILES string of the molecule is CCN1CCC(N(C)C(=O)N=CN)CC1. The number of hydrogen-bond acceptors (Lipinski definition) is 2. The zero-order valence-electron chi connectivity index (χ0n) is 9.52. The average molecular weight is 212 g/mol. The third kappa shape index (κ3) is 3.20. The van der Waals surface area contributed by atoms with Crippen LogP contribution in [-0.2, 0) is 0 Å². The predicted molar refractivity (Wildman–Crippen MR) is 61.0 cm³/mol. The van der Waals surface area contributed by atoms with Gasteiger partial charge >= 0.3 is 6.03 Å². The van der Waals surface area contributed by atoms with Crippen LogP contribution in [0.2, 0.25) is 0 Å². The van der Waals surface area contributed by atoms with E-state index in [9.17, 15) is 4.79 Å². The van der Waals surface area contributed by atoms with Gasteiger partial charge in [-0.3, -0.25) is 0 Å². The number of rotatable bonds is 2. The number of amides is 2. The maximum Gasteiger partial charge on any atom is 0.344 e. The van der Waals surface area contributed by atoms with Crippen molar-refractivity contribution in [1.29, 1.82) is 0 Å². The first kappa shape index (κ1) is 12.0. The molecule has 86 valence electrons. The van der Waals surface area contributed by atoms with Crippen molar-refractivity contribution in [1.82, 2.24) is 9.80 Å². The van der Waals surface area contributed by atoms with E-state index in [1.165, 1.54) is 0 Å². The Morgan fingerprint density at radius 2 is 2.20 bits per heavy atom. The van der Waals surface area contributed by atoms with Crippen molar-refractivity contribution in [3.8, 4) is 0 Å². The number of carbonyl (C=O) groups excluding carboxylic acids is 1. The van der Waals surface area contributed by atoms with Gasteiger partial charge in [-0.1, -0.05) is 6.92 Å². The molecule has 0 aromatic heterocycles. The highest BCUT2D eigenvalue weighted by Crippen LogP contribution is 2.15. The molecular weight excluding hydrogens is 192 g/mol. The van der Waals surface area contributed by atoms with Gasteiger partial charge in [-0.15, -0.1) is 0 Å². The van der Waals surface area contributed by atoms with Crippen LogP contribution in [0, 0.1) is 0 Å². The largest absolute Gasteiger partial charge is 0.390 e. The number of nitrogens with two attached hydrogens (primary N) is 1. The Kier molecular flexibility index (Phi) is 4.55. The standard InChI is InChI=1S/C10H20N4O/c1-3-14-6-4-9(5-7-14)13(2)10(15)12-8-11/h8-9H,3-7H2,1-2H3,(H2,11,12,15). The minimum atomic E-state index is -0.243. The average Bonchev–Trinajstić information content (AvgIpc) is 2.28. The van der Waals surface area contributed by atoms with Crippen molar-refractivity contribution in [2.45, 2.75) is 25.8 Å². The zero-order valence-corrected chi connectivity index (χ0v) is 9.52. The van der Waals surface area contributed by atoms with Gasteiger partial charge in [-0.2, -0.15) is 4.99 Å². The van der Waals surface area contributed by atoms with Crippen molar-refractivity contribution in [2.75, 3.05) is 26.7 Å². The summed E-state index contributed by atoms with van der Waals surface area (Å²) in [5.41, 5.74) is 5.09. The molecule has 0 spiro atoms. The van der Waals surface area contributed by atoms with Crippen LogP contribution in [0.3, 0.4) is 0 Å². The zero-order chi connectivity index (χ0) is 11.3. The van der Waals surface area contributed by atoms with Gasteiger partial charge in [-0.05, 0) is 19.4 Å². The lowest BCUT2D eigenvalue weighted by Gasteiger charge is -2.35. The molecule has 2 N–H and O–H groups in total. The van der Waals surface area contributed by atoms with E-state index in [1.807, 2.05) is 0 Å². The fraction of sp³-hybridized carbons (Fsp3) is 0.800. The van der Waals surface area contributed by atoms with Gasteiger partial charge in [0.05, 0.1) is 6.34 Å². The Bertz CT molecular complexity index is 234. The molecule has 1 aliphatic heterocycles. The first-order valence-corrected chi connectivity index (χ1v) is 5.42. The first-order valence-electron chi connectivity index (χ1n) is 5.42. The summed E-state index contributed by atoms with van der Waals surface area (Å²) in [5, 5.41) is 0. The lowest BCUT2D eigenvalue weighted by Crippen LogP contribution is -2.44. The van der Waals surface area contributed by atoms with Crippen LogP contribution in [0.15, 0.2) is 4.99 Å². The Labute approximate surface area is 90.9 Å². The Morgan fingerprint density at radius 3 is 2.67 bits per heavy atom. The molecule has 0 atom stereocenters. The van der Waals surface area contributed by atoms with Crippen LogP contribution in [0.5, 0.6) is 0 Å². The van der Waals surface area contributed by atoms with Crippen LogP contribution in [0.25, 0.3) is 0 Å². The van der Waals surface area contributed by atoms with Gasteiger partial charge in [0.25, 0.3) is 0 Å². The minimum absolute atomic E-state index is 0.243. The molecule has 0 unspecified atom stereocenters. The molecule has 0 bridgehead atoms. The topological polar surface area (TPSA) is 61.9 Å². The molecule has 1 rings (SSSR count). The number of piperidine rings is 1. The van der Waals surface area contributed by atoms with E-state index in [0.717, 1.165) is 38.8 Å². The van der Waals surface area contributed by atoms with Crippen molar-refractivity contribution >= 4 is 12.4 Å². The van der Waals surface area contributed by atoms with Crippen molar-refractivity contribution in [3.63, 3.8) is 0 Å². The second-order valence-electron chi connectivity index (χ2n) is 3.84. The summed E-state index contributed by atoms with van der Waals surface area (Å²) in [6, 6.07) is 0.0662. The minimum Gasteiger partial charge on any atom is -0.390 e. The van der Waals surface area contributed by atoms with E-state index in [1.54, 1.807) is 11.9 Å². The molecule has 0 aromatic carbocycles. The molecule has 1 saturated heterocycles. The number of likely N-dealkylation sites (tertiary alicyclic amines) is 1. The van der Waals surface area contributed by atoms with Gasteiger partial charge in [0, 0.05) is 26.2 Å². The lowest BCUT2D eigenvalue weighted by molar-refractivity contribution is 0.143. The summed E-state index contributed by atoms with van der Waals surface area (Å²) in [5.74, 6) is 0. The molecule has 1 aliphatic rings. The molecule has 0 aliphatic carbocycles. The van der Waals surface area contributed by atoms with Crippen molar-refractivity contribution in [2.24, 2.45) is 10.7 Å². The summed E-state index contributed by atoms with van der Waals surface area (Å²) < 4.78 is 0. The maximum absolute atomic E-state index is 11.4. The van der Waals surface area contributed by atoms with Crippen molar-refractivity contribution in [3.05, 3.63) is 0 Å². The van der Waals surface area contributed by atoms with Crippen LogP contribution >= 0.6 is 0 Å². The normalized spacial score (nSPS) is 19.6. The van der Waals surface area contributed by atoms with Gasteiger partial charge < -0.3 is 15.5 Å². The summed E-state index contributed by atoms with van der Waals surface area (Å²) in [6.45, 7) is 5.37. The molecular formula is C10H20N4O. The van der Waals surface area contributed by atoms with E-state index in [0.29, 0.717) is 6.04 Å². The molecule has 1 heterocycles. The molecule has 0 radical (unpaired) electrons. The molecule has 2 amide bonds. The van der Waals surface area contributed by atoms with E-state index in [4.69, 9.17) is 5.73 Å². The Morgan fingerprint density at radius 1 is 1.60 bits per heavy atom. The maximum atomic E-state index is 11.4.